The van der Waals surface area contributed by atoms with Crippen molar-refractivity contribution in [2.75, 3.05) is 18.0 Å². The van der Waals surface area contributed by atoms with Crippen LogP contribution in [0.4, 0.5) is 15.8 Å². The molecule has 2 atom stereocenters. The van der Waals surface area contributed by atoms with Crippen LogP contribution in [0.3, 0.4) is 0 Å². The highest BCUT2D eigenvalue weighted by atomic mass is 19.1. The van der Waals surface area contributed by atoms with Crippen molar-refractivity contribution in [3.05, 3.63) is 34.1 Å². The Bertz CT molecular complexity index is 534. The zero-order valence-electron chi connectivity index (χ0n) is 10.2. The fourth-order valence-corrected chi connectivity index (χ4v) is 2.40. The first-order valence-corrected chi connectivity index (χ1v) is 5.82. The summed E-state index contributed by atoms with van der Waals surface area (Å²) in [6.45, 7) is 2.39. The fraction of sp³-hybridized carbons (Fsp3) is 0.417. The molecule has 19 heavy (non-hydrogen) atoms. The lowest BCUT2D eigenvalue weighted by Gasteiger charge is -2.17. The summed E-state index contributed by atoms with van der Waals surface area (Å²) in [5, 5.41) is 20.0. The summed E-state index contributed by atoms with van der Waals surface area (Å²) in [6, 6.07) is 3.32. The van der Waals surface area contributed by atoms with Crippen LogP contribution in [-0.4, -0.2) is 29.1 Å². The van der Waals surface area contributed by atoms with Crippen LogP contribution < -0.4 is 4.90 Å². The van der Waals surface area contributed by atoms with Crippen LogP contribution in [0.15, 0.2) is 18.2 Å². The molecule has 0 aliphatic carbocycles. The Morgan fingerprint density at radius 2 is 2.21 bits per heavy atom. The molecule has 0 saturated carbocycles. The molecular weight excluding hydrogens is 255 g/mol. The van der Waals surface area contributed by atoms with Gasteiger partial charge in [-0.2, -0.15) is 0 Å². The minimum atomic E-state index is -0.917. The molecule has 1 saturated heterocycles. The van der Waals surface area contributed by atoms with E-state index in [1.165, 1.54) is 6.07 Å². The summed E-state index contributed by atoms with van der Waals surface area (Å²) in [4.78, 5) is 22.9. The average Bonchev–Trinajstić information content (AvgIpc) is 2.71. The minimum Gasteiger partial charge on any atom is -0.481 e. The first-order chi connectivity index (χ1) is 8.90. The Kier molecular flexibility index (Phi) is 3.37. The van der Waals surface area contributed by atoms with Gasteiger partial charge in [-0.05, 0) is 18.1 Å². The molecule has 1 heterocycles. The normalized spacial score (nSPS) is 22.5. The summed E-state index contributed by atoms with van der Waals surface area (Å²) in [6.07, 6.45) is 0. The Hall–Kier alpha value is -2.18. The van der Waals surface area contributed by atoms with E-state index >= 15 is 0 Å². The van der Waals surface area contributed by atoms with E-state index in [1.54, 1.807) is 11.8 Å². The molecule has 7 heteroatoms. The molecule has 0 bridgehead atoms. The highest BCUT2D eigenvalue weighted by molar-refractivity contribution is 5.74. The number of nitro groups is 1. The number of anilines is 1. The van der Waals surface area contributed by atoms with Crippen molar-refractivity contribution in [2.24, 2.45) is 11.8 Å². The summed E-state index contributed by atoms with van der Waals surface area (Å²) in [7, 11) is 0. The first-order valence-electron chi connectivity index (χ1n) is 5.82. The molecule has 102 valence electrons. The number of carboxylic acid groups (broad SMARTS) is 1. The maximum atomic E-state index is 13.1. The van der Waals surface area contributed by atoms with E-state index in [0.29, 0.717) is 6.54 Å². The fourth-order valence-electron chi connectivity index (χ4n) is 2.40. The number of halogens is 1. The van der Waals surface area contributed by atoms with Gasteiger partial charge in [-0.1, -0.05) is 6.92 Å². The van der Waals surface area contributed by atoms with E-state index < -0.39 is 22.6 Å². The maximum absolute atomic E-state index is 13.1. The second kappa shape index (κ2) is 4.83. The molecule has 1 aromatic carbocycles. The van der Waals surface area contributed by atoms with Crippen molar-refractivity contribution < 1.29 is 19.2 Å². The maximum Gasteiger partial charge on any atom is 0.308 e. The van der Waals surface area contributed by atoms with Gasteiger partial charge in [0.2, 0.25) is 0 Å². The van der Waals surface area contributed by atoms with Gasteiger partial charge in [0.25, 0.3) is 5.69 Å². The number of carboxylic acids is 1. The molecule has 0 unspecified atom stereocenters. The Balaban J connectivity index is 2.33. The molecule has 0 spiro atoms. The van der Waals surface area contributed by atoms with Gasteiger partial charge >= 0.3 is 5.97 Å². The summed E-state index contributed by atoms with van der Waals surface area (Å²) < 4.78 is 13.1. The van der Waals surface area contributed by atoms with Crippen LogP contribution >= 0.6 is 0 Å². The predicted molar refractivity (Wildman–Crippen MR) is 65.6 cm³/mol. The predicted octanol–water partition coefficient (Wildman–Crippen LogP) is 1.89. The van der Waals surface area contributed by atoms with Gasteiger partial charge in [-0.3, -0.25) is 14.9 Å². The number of nitrogens with zero attached hydrogens (tertiary/aromatic N) is 2. The highest BCUT2D eigenvalue weighted by Gasteiger charge is 2.37. The molecule has 2 rings (SSSR count). The van der Waals surface area contributed by atoms with Crippen molar-refractivity contribution in [1.29, 1.82) is 0 Å². The second-order valence-electron chi connectivity index (χ2n) is 4.72. The molecule has 1 aliphatic heterocycles. The monoisotopic (exact) mass is 268 g/mol. The third-order valence-electron chi connectivity index (χ3n) is 3.40. The lowest BCUT2D eigenvalue weighted by molar-refractivity contribution is -0.384. The van der Waals surface area contributed by atoms with Crippen molar-refractivity contribution in [3.63, 3.8) is 0 Å². The number of nitro benzene ring substituents is 1. The van der Waals surface area contributed by atoms with Gasteiger partial charge in [0, 0.05) is 13.1 Å². The zero-order valence-corrected chi connectivity index (χ0v) is 10.2. The Labute approximate surface area is 108 Å². The molecule has 0 amide bonds. The Morgan fingerprint density at radius 3 is 2.74 bits per heavy atom. The number of benzene rings is 1. The van der Waals surface area contributed by atoms with Crippen molar-refractivity contribution in [1.82, 2.24) is 0 Å². The molecule has 1 aliphatic rings. The first kappa shape index (κ1) is 13.3. The third-order valence-corrected chi connectivity index (χ3v) is 3.40. The average molecular weight is 268 g/mol. The lowest BCUT2D eigenvalue weighted by atomic mass is 9.99. The van der Waals surface area contributed by atoms with Crippen molar-refractivity contribution in [2.45, 2.75) is 6.92 Å². The molecule has 6 nitrogen and oxygen atoms in total. The van der Waals surface area contributed by atoms with E-state index in [2.05, 4.69) is 0 Å². The molecule has 1 N–H and O–H groups in total. The van der Waals surface area contributed by atoms with Gasteiger partial charge in [0.1, 0.15) is 11.5 Å². The largest absolute Gasteiger partial charge is 0.481 e. The van der Waals surface area contributed by atoms with Gasteiger partial charge in [0.05, 0.1) is 16.9 Å². The summed E-state index contributed by atoms with van der Waals surface area (Å²) >= 11 is 0. The van der Waals surface area contributed by atoms with Crippen LogP contribution in [0.1, 0.15) is 6.92 Å². The molecule has 0 aromatic heterocycles. The topological polar surface area (TPSA) is 83.7 Å². The van der Waals surface area contributed by atoms with Crippen LogP contribution in [0, 0.1) is 27.8 Å². The lowest BCUT2D eigenvalue weighted by Crippen LogP contribution is -2.23. The summed E-state index contributed by atoms with van der Waals surface area (Å²) in [5.74, 6) is -2.27. The molecule has 1 aromatic rings. The standard InChI is InChI=1S/C12H13FN2O4/c1-7-5-14(6-9(7)12(16)17)10-3-2-8(13)4-11(10)15(18)19/h2-4,7,9H,5-6H2,1H3,(H,16,17)/t7-,9-/m1/s1. The third kappa shape index (κ3) is 2.49. The Morgan fingerprint density at radius 1 is 1.53 bits per heavy atom. The SMILES string of the molecule is C[C@@H]1CN(c2ccc(F)cc2[N+](=O)[O-])C[C@H]1C(=O)O. The number of hydrogen-bond acceptors (Lipinski definition) is 4. The van der Waals surface area contributed by atoms with E-state index in [0.717, 1.165) is 12.1 Å². The molecular formula is C12H13FN2O4. The van der Waals surface area contributed by atoms with Gasteiger partial charge in [0.15, 0.2) is 0 Å². The summed E-state index contributed by atoms with van der Waals surface area (Å²) in [5.41, 5.74) is -0.0692. The highest BCUT2D eigenvalue weighted by Crippen LogP contribution is 2.34. The minimum absolute atomic E-state index is 0.109. The van der Waals surface area contributed by atoms with Gasteiger partial charge in [-0.15, -0.1) is 0 Å². The van der Waals surface area contributed by atoms with Crippen LogP contribution in [0.2, 0.25) is 0 Å². The van der Waals surface area contributed by atoms with Crippen LogP contribution in [-0.2, 0) is 4.79 Å². The van der Waals surface area contributed by atoms with E-state index in [9.17, 15) is 19.3 Å². The number of rotatable bonds is 3. The molecule has 0 radical (unpaired) electrons. The van der Waals surface area contributed by atoms with Gasteiger partial charge in [-0.25, -0.2) is 4.39 Å². The zero-order chi connectivity index (χ0) is 14.2. The number of aliphatic carboxylic acids is 1. The second-order valence-corrected chi connectivity index (χ2v) is 4.72. The van der Waals surface area contributed by atoms with Crippen LogP contribution in [0.25, 0.3) is 0 Å². The number of carbonyl (C=O) groups is 1. The van der Waals surface area contributed by atoms with E-state index in [-0.39, 0.29) is 23.8 Å². The smallest absolute Gasteiger partial charge is 0.308 e. The van der Waals surface area contributed by atoms with Crippen molar-refractivity contribution >= 4 is 17.3 Å². The quantitative estimate of drug-likeness (QED) is 0.668. The van der Waals surface area contributed by atoms with E-state index in [4.69, 9.17) is 5.11 Å². The molecule has 1 fully saturated rings. The number of hydrogen-bond donors (Lipinski definition) is 1. The van der Waals surface area contributed by atoms with Gasteiger partial charge < -0.3 is 10.0 Å². The van der Waals surface area contributed by atoms with Crippen molar-refractivity contribution in [3.8, 4) is 0 Å². The van der Waals surface area contributed by atoms with Crippen LogP contribution in [0.5, 0.6) is 0 Å². The van der Waals surface area contributed by atoms with E-state index in [1.807, 2.05) is 0 Å².